The average molecular weight is 349 g/mol. The first kappa shape index (κ1) is 17.9. The van der Waals surface area contributed by atoms with E-state index < -0.39 is 0 Å². The Balaban J connectivity index is 1.63. The maximum Gasteiger partial charge on any atom is 0.273 e. The van der Waals surface area contributed by atoms with Gasteiger partial charge in [0.2, 0.25) is 5.89 Å². The first-order valence-corrected chi connectivity index (χ1v) is 8.75. The fraction of sp³-hybridized carbons (Fsp3) is 0.238. The van der Waals surface area contributed by atoms with Gasteiger partial charge in [0, 0.05) is 12.5 Å². The number of aromatic nitrogens is 1. The molecule has 0 fully saturated rings. The van der Waals surface area contributed by atoms with Crippen molar-refractivity contribution in [3.63, 3.8) is 0 Å². The molecule has 1 aromatic heterocycles. The van der Waals surface area contributed by atoms with Crippen molar-refractivity contribution in [2.45, 2.75) is 18.9 Å². The number of amides is 1. The van der Waals surface area contributed by atoms with E-state index in [0.29, 0.717) is 24.7 Å². The molecule has 0 atom stereocenters. The summed E-state index contributed by atoms with van der Waals surface area (Å²) in [5.41, 5.74) is 2.79. The quantitative estimate of drug-likeness (QED) is 0.654. The summed E-state index contributed by atoms with van der Waals surface area (Å²) in [6, 6.07) is 20.7. The minimum atomic E-state index is -0.212. The van der Waals surface area contributed by atoms with Crippen molar-refractivity contribution in [3.8, 4) is 0 Å². The number of nitrogens with zero attached hydrogens (tertiary/aromatic N) is 1. The number of carbonyl (C=O) groups excluding carboxylic acids is 1. The lowest BCUT2D eigenvalue weighted by molar-refractivity contribution is 0.0947. The van der Waals surface area contributed by atoms with Gasteiger partial charge in [0.15, 0.2) is 5.69 Å². The fourth-order valence-corrected chi connectivity index (χ4v) is 2.96. The smallest absolute Gasteiger partial charge is 0.273 e. The molecular formula is C21H23N3O2. The maximum atomic E-state index is 12.3. The normalized spacial score (nSPS) is 10.8. The van der Waals surface area contributed by atoms with Gasteiger partial charge in [-0.25, -0.2) is 4.98 Å². The van der Waals surface area contributed by atoms with Gasteiger partial charge in [0.05, 0.1) is 6.54 Å². The highest BCUT2D eigenvalue weighted by atomic mass is 16.3. The lowest BCUT2D eigenvalue weighted by atomic mass is 9.88. The van der Waals surface area contributed by atoms with Crippen LogP contribution in [-0.4, -0.2) is 24.5 Å². The highest BCUT2D eigenvalue weighted by Gasteiger charge is 2.16. The van der Waals surface area contributed by atoms with E-state index in [1.807, 2.05) is 36.4 Å². The summed E-state index contributed by atoms with van der Waals surface area (Å²) in [5.74, 6) is 0.523. The van der Waals surface area contributed by atoms with E-state index in [9.17, 15) is 4.79 Å². The van der Waals surface area contributed by atoms with Crippen LogP contribution in [0.1, 0.15) is 39.8 Å². The zero-order chi connectivity index (χ0) is 18.2. The lowest BCUT2D eigenvalue weighted by Gasteiger charge is -2.18. The van der Waals surface area contributed by atoms with E-state index in [1.165, 1.54) is 17.4 Å². The highest BCUT2D eigenvalue weighted by molar-refractivity contribution is 5.91. The molecule has 2 N–H and O–H groups in total. The monoisotopic (exact) mass is 349 g/mol. The van der Waals surface area contributed by atoms with Crippen LogP contribution in [0.5, 0.6) is 0 Å². The molecule has 0 aliphatic heterocycles. The van der Waals surface area contributed by atoms with Crippen LogP contribution in [0.3, 0.4) is 0 Å². The molecule has 0 saturated carbocycles. The summed E-state index contributed by atoms with van der Waals surface area (Å²) in [6.07, 6.45) is 2.20. The molecule has 0 aliphatic rings. The van der Waals surface area contributed by atoms with Gasteiger partial charge in [-0.2, -0.15) is 0 Å². The van der Waals surface area contributed by atoms with Gasteiger partial charge in [-0.3, -0.25) is 4.79 Å². The van der Waals surface area contributed by atoms with Crippen LogP contribution < -0.4 is 10.6 Å². The third-order valence-corrected chi connectivity index (χ3v) is 4.23. The van der Waals surface area contributed by atoms with Gasteiger partial charge < -0.3 is 15.1 Å². The minimum Gasteiger partial charge on any atom is -0.447 e. The number of nitrogens with one attached hydrogen (secondary N) is 2. The highest BCUT2D eigenvalue weighted by Crippen LogP contribution is 2.27. The Kier molecular flexibility index (Phi) is 6.17. The molecule has 0 saturated heterocycles. The third kappa shape index (κ3) is 4.58. The summed E-state index contributed by atoms with van der Waals surface area (Å²) in [5, 5.41) is 5.89. The summed E-state index contributed by atoms with van der Waals surface area (Å²) in [7, 11) is 1.80. The first-order valence-electron chi connectivity index (χ1n) is 8.75. The molecule has 1 heterocycles. The van der Waals surface area contributed by atoms with Gasteiger partial charge in [0.25, 0.3) is 5.91 Å². The Bertz CT molecular complexity index is 776. The molecular weight excluding hydrogens is 326 g/mol. The minimum absolute atomic E-state index is 0.212. The SMILES string of the molecule is CNCc1nc(C(=O)NCCC(c2ccccc2)c2ccccc2)co1. The van der Waals surface area contributed by atoms with Crippen LogP contribution in [0.2, 0.25) is 0 Å². The molecule has 2 aromatic carbocycles. The van der Waals surface area contributed by atoms with Crippen molar-refractivity contribution in [1.82, 2.24) is 15.6 Å². The topological polar surface area (TPSA) is 67.2 Å². The Morgan fingerprint density at radius 3 is 2.23 bits per heavy atom. The van der Waals surface area contributed by atoms with Crippen LogP contribution in [0, 0.1) is 0 Å². The number of hydrogen-bond donors (Lipinski definition) is 2. The lowest BCUT2D eigenvalue weighted by Crippen LogP contribution is -2.26. The summed E-state index contributed by atoms with van der Waals surface area (Å²) >= 11 is 0. The molecule has 0 unspecified atom stereocenters. The van der Waals surface area contributed by atoms with Crippen LogP contribution in [0.25, 0.3) is 0 Å². The molecule has 26 heavy (non-hydrogen) atoms. The Morgan fingerprint density at radius 1 is 1.04 bits per heavy atom. The number of oxazole rings is 1. The van der Waals surface area contributed by atoms with Crippen molar-refractivity contribution in [1.29, 1.82) is 0 Å². The molecule has 0 bridgehead atoms. The van der Waals surface area contributed by atoms with Crippen LogP contribution in [-0.2, 0) is 6.54 Å². The van der Waals surface area contributed by atoms with Crippen molar-refractivity contribution >= 4 is 5.91 Å². The second-order valence-electron chi connectivity index (χ2n) is 6.08. The van der Waals surface area contributed by atoms with Crippen molar-refractivity contribution in [2.24, 2.45) is 0 Å². The molecule has 5 heteroatoms. The van der Waals surface area contributed by atoms with Gasteiger partial charge in [0.1, 0.15) is 6.26 Å². The number of hydrogen-bond acceptors (Lipinski definition) is 4. The molecule has 5 nitrogen and oxygen atoms in total. The van der Waals surface area contributed by atoms with E-state index in [4.69, 9.17) is 4.42 Å². The average Bonchev–Trinajstić information content (AvgIpc) is 3.16. The van der Waals surface area contributed by atoms with Crippen LogP contribution in [0.4, 0.5) is 0 Å². The van der Waals surface area contributed by atoms with Crippen LogP contribution >= 0.6 is 0 Å². The zero-order valence-corrected chi connectivity index (χ0v) is 14.8. The predicted octanol–water partition coefficient (Wildman–Crippen LogP) is 3.35. The summed E-state index contributed by atoms with van der Waals surface area (Å²) in [6.45, 7) is 1.05. The van der Waals surface area contributed by atoms with E-state index in [0.717, 1.165) is 6.42 Å². The van der Waals surface area contributed by atoms with Gasteiger partial charge in [-0.15, -0.1) is 0 Å². The predicted molar refractivity (Wildman–Crippen MR) is 101 cm³/mol. The van der Waals surface area contributed by atoms with Gasteiger partial charge in [-0.1, -0.05) is 60.7 Å². The Morgan fingerprint density at radius 2 is 1.65 bits per heavy atom. The largest absolute Gasteiger partial charge is 0.447 e. The standard InChI is InChI=1S/C21H23N3O2/c1-22-14-20-24-19(15-26-20)21(25)23-13-12-18(16-8-4-2-5-9-16)17-10-6-3-7-11-17/h2-11,15,18,22H,12-14H2,1H3,(H,23,25). The summed E-state index contributed by atoms with van der Waals surface area (Å²) in [4.78, 5) is 16.4. The number of rotatable bonds is 8. The zero-order valence-electron chi connectivity index (χ0n) is 14.8. The van der Waals surface area contributed by atoms with Crippen molar-refractivity contribution in [3.05, 3.63) is 89.6 Å². The molecule has 3 rings (SSSR count). The number of carbonyl (C=O) groups is 1. The maximum absolute atomic E-state index is 12.3. The summed E-state index contributed by atoms with van der Waals surface area (Å²) < 4.78 is 5.26. The molecule has 3 aromatic rings. The van der Waals surface area contributed by atoms with Crippen molar-refractivity contribution < 1.29 is 9.21 Å². The fourth-order valence-electron chi connectivity index (χ4n) is 2.96. The number of benzene rings is 2. The Labute approximate surface area is 153 Å². The molecule has 0 spiro atoms. The van der Waals surface area contributed by atoms with E-state index in [-0.39, 0.29) is 11.8 Å². The van der Waals surface area contributed by atoms with E-state index >= 15 is 0 Å². The molecule has 134 valence electrons. The molecule has 1 amide bonds. The second-order valence-corrected chi connectivity index (χ2v) is 6.08. The van der Waals surface area contributed by atoms with Gasteiger partial charge >= 0.3 is 0 Å². The van der Waals surface area contributed by atoms with E-state index in [1.54, 1.807) is 7.05 Å². The van der Waals surface area contributed by atoms with Crippen molar-refractivity contribution in [2.75, 3.05) is 13.6 Å². The third-order valence-electron chi connectivity index (χ3n) is 4.23. The molecule has 0 aliphatic carbocycles. The van der Waals surface area contributed by atoms with E-state index in [2.05, 4.69) is 39.9 Å². The van der Waals surface area contributed by atoms with Gasteiger partial charge in [-0.05, 0) is 24.6 Å². The van der Waals surface area contributed by atoms with Crippen LogP contribution in [0.15, 0.2) is 71.3 Å². The first-order chi connectivity index (χ1) is 12.8. The second kappa shape index (κ2) is 8.97. The Hall–Kier alpha value is -2.92. The molecule has 0 radical (unpaired) electrons.